The molecule has 1 aliphatic rings. The number of hydrogen-bond donors (Lipinski definition) is 2. The third kappa shape index (κ3) is 9.80. The van der Waals surface area contributed by atoms with Crippen LogP contribution in [0.2, 0.25) is 0 Å². The van der Waals surface area contributed by atoms with Crippen molar-refractivity contribution in [2.45, 2.75) is 45.1 Å². The Morgan fingerprint density at radius 3 is 2.08 bits per heavy atom. The Kier molecular flexibility index (Phi) is 9.87. The normalized spacial score (nSPS) is 17.8. The van der Waals surface area contributed by atoms with Crippen LogP contribution in [0.3, 0.4) is 0 Å². The van der Waals surface area contributed by atoms with Crippen molar-refractivity contribution in [3.63, 3.8) is 0 Å². The first-order valence-corrected chi connectivity index (χ1v) is 5.18. The molecule has 3 heteroatoms. The van der Waals surface area contributed by atoms with Crippen molar-refractivity contribution >= 4 is 0 Å². The molecular weight excluding hydrogens is 168 g/mol. The molecule has 0 aromatic rings. The second kappa shape index (κ2) is 9.96. The molecular formula is C10H22O3. The lowest BCUT2D eigenvalue weighted by Gasteiger charge is -2.14. The fraction of sp³-hybridized carbons (Fsp3) is 1.00. The van der Waals surface area contributed by atoms with Gasteiger partial charge in [0.15, 0.2) is 0 Å². The van der Waals surface area contributed by atoms with Gasteiger partial charge in [0, 0.05) is 6.61 Å². The summed E-state index contributed by atoms with van der Waals surface area (Å²) in [5, 5.41) is 17.0. The zero-order chi connectivity index (χ0) is 9.94. The van der Waals surface area contributed by atoms with Crippen LogP contribution in [-0.4, -0.2) is 36.1 Å². The third-order valence-electron chi connectivity index (χ3n) is 2.01. The van der Waals surface area contributed by atoms with Crippen LogP contribution in [-0.2, 0) is 4.74 Å². The SMILES string of the molecule is CCOCCO.OC1CCCCC1. The van der Waals surface area contributed by atoms with Gasteiger partial charge in [-0.15, -0.1) is 0 Å². The minimum Gasteiger partial charge on any atom is -0.394 e. The van der Waals surface area contributed by atoms with Crippen LogP contribution < -0.4 is 0 Å². The predicted molar refractivity (Wildman–Crippen MR) is 52.7 cm³/mol. The summed E-state index contributed by atoms with van der Waals surface area (Å²) < 4.78 is 4.73. The minimum atomic E-state index is 0.0359. The van der Waals surface area contributed by atoms with Gasteiger partial charge >= 0.3 is 0 Å². The molecule has 0 spiro atoms. The predicted octanol–water partition coefficient (Wildman–Crippen LogP) is 1.33. The highest BCUT2D eigenvalue weighted by Crippen LogP contribution is 2.16. The lowest BCUT2D eigenvalue weighted by atomic mass is 9.98. The van der Waals surface area contributed by atoms with Crippen molar-refractivity contribution in [2.24, 2.45) is 0 Å². The molecule has 1 rings (SSSR count). The molecule has 0 heterocycles. The molecule has 13 heavy (non-hydrogen) atoms. The maximum Gasteiger partial charge on any atom is 0.0697 e. The van der Waals surface area contributed by atoms with E-state index in [4.69, 9.17) is 14.9 Å². The molecule has 1 saturated carbocycles. The quantitative estimate of drug-likeness (QED) is 0.660. The summed E-state index contributed by atoms with van der Waals surface area (Å²) in [6.45, 7) is 3.20. The first kappa shape index (κ1) is 12.9. The second-order valence-electron chi connectivity index (χ2n) is 3.21. The fourth-order valence-corrected chi connectivity index (χ4v) is 1.29. The molecule has 1 aliphatic carbocycles. The van der Waals surface area contributed by atoms with Crippen LogP contribution in [0.15, 0.2) is 0 Å². The van der Waals surface area contributed by atoms with Crippen LogP contribution in [0.5, 0.6) is 0 Å². The van der Waals surface area contributed by atoms with Crippen LogP contribution in [0.4, 0.5) is 0 Å². The van der Waals surface area contributed by atoms with E-state index in [0.717, 1.165) is 12.8 Å². The Morgan fingerprint density at radius 1 is 1.23 bits per heavy atom. The summed E-state index contributed by atoms with van der Waals surface area (Å²) in [5.74, 6) is 0. The highest BCUT2D eigenvalue weighted by atomic mass is 16.5. The first-order valence-electron chi connectivity index (χ1n) is 5.18. The summed E-state index contributed by atoms with van der Waals surface area (Å²) in [6.07, 6.45) is 5.92. The Morgan fingerprint density at radius 2 is 1.85 bits per heavy atom. The van der Waals surface area contributed by atoms with E-state index in [-0.39, 0.29) is 12.7 Å². The van der Waals surface area contributed by atoms with Gasteiger partial charge in [0.2, 0.25) is 0 Å². The number of ether oxygens (including phenoxy) is 1. The third-order valence-corrected chi connectivity index (χ3v) is 2.01. The summed E-state index contributed by atoms with van der Waals surface area (Å²) in [5.41, 5.74) is 0. The average Bonchev–Trinajstić information content (AvgIpc) is 2.17. The maximum absolute atomic E-state index is 8.91. The van der Waals surface area contributed by atoms with E-state index >= 15 is 0 Å². The first-order chi connectivity index (χ1) is 6.31. The molecule has 0 aromatic carbocycles. The van der Waals surface area contributed by atoms with Crippen molar-refractivity contribution in [3.8, 4) is 0 Å². The summed E-state index contributed by atoms with van der Waals surface area (Å²) in [6, 6.07) is 0. The molecule has 0 aliphatic heterocycles. The topological polar surface area (TPSA) is 49.7 Å². The summed E-state index contributed by atoms with van der Waals surface area (Å²) in [4.78, 5) is 0. The molecule has 0 bridgehead atoms. The van der Waals surface area contributed by atoms with E-state index in [9.17, 15) is 0 Å². The van der Waals surface area contributed by atoms with Gasteiger partial charge in [-0.05, 0) is 19.8 Å². The van der Waals surface area contributed by atoms with E-state index in [1.807, 2.05) is 6.92 Å². The van der Waals surface area contributed by atoms with Gasteiger partial charge in [0.05, 0.1) is 19.3 Å². The minimum absolute atomic E-state index is 0.0359. The van der Waals surface area contributed by atoms with Crippen LogP contribution >= 0.6 is 0 Å². The van der Waals surface area contributed by atoms with Crippen molar-refractivity contribution in [1.82, 2.24) is 0 Å². The van der Waals surface area contributed by atoms with Gasteiger partial charge in [-0.1, -0.05) is 19.3 Å². The van der Waals surface area contributed by atoms with Crippen molar-refractivity contribution in [3.05, 3.63) is 0 Å². The molecule has 2 N–H and O–H groups in total. The molecule has 80 valence electrons. The van der Waals surface area contributed by atoms with E-state index < -0.39 is 0 Å². The smallest absolute Gasteiger partial charge is 0.0697 e. The molecule has 0 radical (unpaired) electrons. The molecule has 0 saturated heterocycles. The molecule has 0 atom stereocenters. The van der Waals surface area contributed by atoms with Crippen molar-refractivity contribution in [1.29, 1.82) is 0 Å². The number of aliphatic hydroxyl groups is 2. The number of hydrogen-bond acceptors (Lipinski definition) is 3. The standard InChI is InChI=1S/C6H12O.C4H10O2/c7-6-4-2-1-3-5-6;1-2-6-4-3-5/h6-7H,1-5H2;5H,2-4H2,1H3. The highest BCUT2D eigenvalue weighted by molar-refractivity contribution is 4.61. The summed E-state index contributed by atoms with van der Waals surface area (Å²) in [7, 11) is 0. The largest absolute Gasteiger partial charge is 0.394 e. The Bertz CT molecular complexity index is 86.2. The van der Waals surface area contributed by atoms with E-state index in [1.165, 1.54) is 19.3 Å². The maximum atomic E-state index is 8.91. The second-order valence-corrected chi connectivity index (χ2v) is 3.21. The van der Waals surface area contributed by atoms with Gasteiger partial charge in [0.1, 0.15) is 0 Å². The van der Waals surface area contributed by atoms with Crippen LogP contribution in [0, 0.1) is 0 Å². The molecule has 0 aromatic heterocycles. The van der Waals surface area contributed by atoms with Gasteiger partial charge < -0.3 is 14.9 Å². The zero-order valence-electron chi connectivity index (χ0n) is 8.54. The van der Waals surface area contributed by atoms with E-state index in [2.05, 4.69) is 0 Å². The highest BCUT2D eigenvalue weighted by Gasteiger charge is 2.07. The lowest BCUT2D eigenvalue weighted by molar-refractivity contribution is 0.102. The molecule has 0 amide bonds. The van der Waals surface area contributed by atoms with Crippen LogP contribution in [0.25, 0.3) is 0 Å². The van der Waals surface area contributed by atoms with Crippen LogP contribution in [0.1, 0.15) is 39.0 Å². The van der Waals surface area contributed by atoms with Gasteiger partial charge in [-0.3, -0.25) is 0 Å². The number of rotatable bonds is 3. The zero-order valence-corrected chi connectivity index (χ0v) is 8.54. The monoisotopic (exact) mass is 190 g/mol. The van der Waals surface area contributed by atoms with Gasteiger partial charge in [-0.25, -0.2) is 0 Å². The Balaban J connectivity index is 0.000000226. The van der Waals surface area contributed by atoms with Gasteiger partial charge in [0.25, 0.3) is 0 Å². The summed E-state index contributed by atoms with van der Waals surface area (Å²) >= 11 is 0. The Hall–Kier alpha value is -0.120. The Labute approximate surface area is 80.7 Å². The van der Waals surface area contributed by atoms with Gasteiger partial charge in [-0.2, -0.15) is 0 Å². The fourth-order valence-electron chi connectivity index (χ4n) is 1.29. The van der Waals surface area contributed by atoms with E-state index in [0.29, 0.717) is 13.2 Å². The number of aliphatic hydroxyl groups excluding tert-OH is 2. The van der Waals surface area contributed by atoms with Crippen molar-refractivity contribution < 1.29 is 14.9 Å². The molecule has 3 nitrogen and oxygen atoms in total. The average molecular weight is 190 g/mol. The van der Waals surface area contributed by atoms with Crippen molar-refractivity contribution in [2.75, 3.05) is 19.8 Å². The van der Waals surface area contributed by atoms with E-state index in [1.54, 1.807) is 0 Å². The lowest BCUT2D eigenvalue weighted by Crippen LogP contribution is -2.09. The molecule has 1 fully saturated rings. The molecule has 0 unspecified atom stereocenters.